The Morgan fingerprint density at radius 1 is 1.26 bits per heavy atom. The first kappa shape index (κ1) is 21.9. The lowest BCUT2D eigenvalue weighted by Gasteiger charge is -2.31. The Hall–Kier alpha value is -3.57. The number of hydrogen-bond donors (Lipinski definition) is 3. The van der Waals surface area contributed by atoms with Crippen molar-refractivity contribution in [2.75, 3.05) is 25.6 Å². The Morgan fingerprint density at radius 3 is 2.89 bits per heavy atom. The number of nitrogens with zero attached hydrogens (tertiary/aromatic N) is 5. The van der Waals surface area contributed by atoms with Crippen LogP contribution in [0.4, 0.5) is 10.2 Å². The van der Waals surface area contributed by atoms with Gasteiger partial charge in [0.2, 0.25) is 0 Å². The number of aliphatic hydroxyl groups excluding tert-OH is 1. The Balaban J connectivity index is 1.40. The molecule has 0 spiro atoms. The number of rotatable bonds is 5. The zero-order valence-electron chi connectivity index (χ0n) is 19.2. The van der Waals surface area contributed by atoms with Crippen molar-refractivity contribution in [3.05, 3.63) is 42.4 Å². The van der Waals surface area contributed by atoms with Crippen LogP contribution >= 0.6 is 0 Å². The van der Waals surface area contributed by atoms with E-state index in [1.54, 1.807) is 17.8 Å². The molecule has 10 nitrogen and oxygen atoms in total. The zero-order chi connectivity index (χ0) is 24.1. The maximum Gasteiger partial charge on any atom is 0.257 e. The summed E-state index contributed by atoms with van der Waals surface area (Å²) < 4.78 is 22.7. The summed E-state index contributed by atoms with van der Waals surface area (Å²) in [6, 6.07) is 5.14. The molecule has 1 saturated heterocycles. The molecule has 1 aliphatic carbocycles. The van der Waals surface area contributed by atoms with Gasteiger partial charge >= 0.3 is 0 Å². The summed E-state index contributed by atoms with van der Waals surface area (Å²) >= 11 is 0. The molecule has 2 aromatic heterocycles. The molecule has 35 heavy (non-hydrogen) atoms. The third kappa shape index (κ3) is 3.62. The fraction of sp³-hybridized carbons (Fsp3) is 0.417. The highest BCUT2D eigenvalue weighted by Gasteiger charge is 2.33. The van der Waals surface area contributed by atoms with Gasteiger partial charge in [0.15, 0.2) is 5.65 Å². The standard InChI is InChI=1S/C24H26FN7O3/c1-26-21-9-18(29-23-15(11-28-32(21)23)24(34)30-17-5-4-16(17)25)14-10-27-22-13(14)3-2-7-31(22)19-6-8-35-12-20(19)33/h2-3,7,9-11,16-17,19-20,26,33H,4-6,8,12H2,1H3,(H,30,34)/t16-,17?,19-,20-/m1/s1. The summed E-state index contributed by atoms with van der Waals surface area (Å²) in [6.45, 7) is 0.875. The molecule has 1 saturated carbocycles. The second-order valence-electron chi connectivity index (χ2n) is 9.07. The molecular weight excluding hydrogens is 453 g/mol. The fourth-order valence-corrected chi connectivity index (χ4v) is 4.87. The van der Waals surface area contributed by atoms with Crippen molar-refractivity contribution >= 4 is 17.4 Å². The first-order chi connectivity index (χ1) is 17.0. The predicted molar refractivity (Wildman–Crippen MR) is 126 cm³/mol. The van der Waals surface area contributed by atoms with E-state index in [-0.39, 0.29) is 11.6 Å². The Bertz CT molecular complexity index is 1370. The normalized spacial score (nSPS) is 24.4. The second kappa shape index (κ2) is 8.58. The molecule has 1 amide bonds. The van der Waals surface area contributed by atoms with Crippen LogP contribution in [0.3, 0.4) is 0 Å². The van der Waals surface area contributed by atoms with Gasteiger partial charge in [0.25, 0.3) is 5.91 Å². The van der Waals surface area contributed by atoms with Crippen LogP contribution in [0, 0.1) is 0 Å². The van der Waals surface area contributed by atoms with Gasteiger partial charge in [-0.05, 0) is 31.4 Å². The minimum atomic E-state index is -1.01. The maximum absolute atomic E-state index is 13.7. The van der Waals surface area contributed by atoms with Gasteiger partial charge in [-0.2, -0.15) is 9.61 Å². The van der Waals surface area contributed by atoms with Gasteiger partial charge in [0.1, 0.15) is 23.4 Å². The average molecular weight is 480 g/mol. The van der Waals surface area contributed by atoms with Crippen LogP contribution in [0.1, 0.15) is 35.7 Å². The smallest absolute Gasteiger partial charge is 0.257 e. The van der Waals surface area contributed by atoms with Gasteiger partial charge in [-0.15, -0.1) is 0 Å². The lowest BCUT2D eigenvalue weighted by atomic mass is 9.90. The number of carbonyl (C=O) groups is 1. The molecular formula is C24H26FN7O3. The minimum Gasteiger partial charge on any atom is -0.389 e. The quantitative estimate of drug-likeness (QED) is 0.402. The Morgan fingerprint density at radius 2 is 2.14 bits per heavy atom. The number of fused-ring (bicyclic) bond motifs is 2. The molecule has 2 fully saturated rings. The number of pyridine rings is 1. The van der Waals surface area contributed by atoms with Crippen LogP contribution in [-0.4, -0.2) is 73.7 Å². The number of hydrogen-bond acceptors (Lipinski definition) is 7. The largest absolute Gasteiger partial charge is 0.389 e. The highest BCUT2D eigenvalue weighted by molar-refractivity contribution is 6.00. The third-order valence-corrected chi connectivity index (χ3v) is 7.00. The molecule has 0 bridgehead atoms. The van der Waals surface area contributed by atoms with Gasteiger partial charge in [0, 0.05) is 43.2 Å². The lowest BCUT2D eigenvalue weighted by Crippen LogP contribution is -2.48. The number of ether oxygens (including phenoxy) is 1. The Labute approximate surface area is 200 Å². The van der Waals surface area contributed by atoms with Crippen LogP contribution in [0.15, 0.2) is 36.8 Å². The van der Waals surface area contributed by atoms with Crippen molar-refractivity contribution in [1.82, 2.24) is 29.5 Å². The lowest BCUT2D eigenvalue weighted by molar-refractivity contribution is -0.0383. The summed E-state index contributed by atoms with van der Waals surface area (Å²) in [6.07, 6.45) is 5.28. The van der Waals surface area contributed by atoms with E-state index in [9.17, 15) is 14.3 Å². The van der Waals surface area contributed by atoms with Gasteiger partial charge in [-0.3, -0.25) is 4.79 Å². The SMILES string of the molecule is CNc1cc(-c2cnc3n([C@@H]4CCOC[C@H]4O)cccc2-3)nc2c(C(=O)NC3CC[C@H]3F)cnn12. The first-order valence-electron chi connectivity index (χ1n) is 11.8. The molecule has 11 heteroatoms. The molecule has 1 unspecified atom stereocenters. The number of aromatic nitrogens is 5. The molecule has 0 radical (unpaired) electrons. The number of anilines is 1. The first-order valence-corrected chi connectivity index (χ1v) is 11.8. The zero-order valence-corrected chi connectivity index (χ0v) is 19.2. The van der Waals surface area contributed by atoms with Gasteiger partial charge < -0.3 is 25.0 Å². The topological polar surface area (TPSA) is 119 Å². The minimum absolute atomic E-state index is 0.130. The molecule has 4 aliphatic rings. The van der Waals surface area contributed by atoms with Crippen molar-refractivity contribution in [3.8, 4) is 22.6 Å². The van der Waals surface area contributed by atoms with Gasteiger partial charge in [0.05, 0.1) is 36.7 Å². The van der Waals surface area contributed by atoms with Crippen molar-refractivity contribution in [2.45, 2.75) is 43.6 Å². The van der Waals surface area contributed by atoms with Crippen molar-refractivity contribution < 1.29 is 19.0 Å². The van der Waals surface area contributed by atoms with E-state index in [1.807, 2.05) is 29.0 Å². The molecule has 3 N–H and O–H groups in total. The van der Waals surface area contributed by atoms with Crippen LogP contribution < -0.4 is 10.6 Å². The number of carbonyl (C=O) groups excluding carboxylic acids is 1. The molecule has 182 valence electrons. The van der Waals surface area contributed by atoms with E-state index in [4.69, 9.17) is 9.72 Å². The number of aliphatic hydroxyl groups is 1. The van der Waals surface area contributed by atoms with Crippen LogP contribution in [-0.2, 0) is 4.74 Å². The van der Waals surface area contributed by atoms with E-state index in [0.29, 0.717) is 49.6 Å². The van der Waals surface area contributed by atoms with Crippen molar-refractivity contribution in [2.24, 2.45) is 0 Å². The number of halogens is 1. The highest BCUT2D eigenvalue weighted by atomic mass is 19.1. The van der Waals surface area contributed by atoms with E-state index in [0.717, 1.165) is 17.0 Å². The van der Waals surface area contributed by atoms with E-state index in [2.05, 4.69) is 20.7 Å². The fourth-order valence-electron chi connectivity index (χ4n) is 4.87. The molecule has 4 atom stereocenters. The molecule has 3 aliphatic heterocycles. The Kier molecular flexibility index (Phi) is 5.37. The van der Waals surface area contributed by atoms with E-state index < -0.39 is 24.2 Å². The predicted octanol–water partition coefficient (Wildman–Crippen LogP) is 2.29. The molecule has 6 rings (SSSR count). The van der Waals surface area contributed by atoms with Crippen LogP contribution in [0.5, 0.6) is 0 Å². The summed E-state index contributed by atoms with van der Waals surface area (Å²) in [5.41, 5.74) is 2.95. The molecule has 0 aromatic carbocycles. The number of alkyl halides is 1. The van der Waals surface area contributed by atoms with Crippen LogP contribution in [0.2, 0.25) is 0 Å². The van der Waals surface area contributed by atoms with Crippen molar-refractivity contribution in [3.63, 3.8) is 0 Å². The highest BCUT2D eigenvalue weighted by Crippen LogP contribution is 2.37. The summed E-state index contributed by atoms with van der Waals surface area (Å²) in [4.78, 5) is 22.3. The number of nitrogens with one attached hydrogen (secondary N) is 2. The monoisotopic (exact) mass is 479 g/mol. The third-order valence-electron chi connectivity index (χ3n) is 7.00. The molecule has 5 heterocycles. The summed E-state index contributed by atoms with van der Waals surface area (Å²) in [5.74, 6) is 0.997. The maximum atomic E-state index is 13.7. The van der Waals surface area contributed by atoms with Crippen molar-refractivity contribution in [1.29, 1.82) is 0 Å². The van der Waals surface area contributed by atoms with E-state index >= 15 is 0 Å². The second-order valence-corrected chi connectivity index (χ2v) is 9.07. The summed E-state index contributed by atoms with van der Waals surface area (Å²) in [5, 5.41) is 20.7. The van der Waals surface area contributed by atoms with Crippen LogP contribution in [0.25, 0.3) is 28.3 Å². The van der Waals surface area contributed by atoms with Gasteiger partial charge in [-0.1, -0.05) is 0 Å². The van der Waals surface area contributed by atoms with Gasteiger partial charge in [-0.25, -0.2) is 14.4 Å². The number of amides is 1. The summed E-state index contributed by atoms with van der Waals surface area (Å²) in [7, 11) is 1.77. The average Bonchev–Trinajstić information content (AvgIpc) is 3.50. The van der Waals surface area contributed by atoms with E-state index in [1.165, 1.54) is 6.20 Å². The molecule has 2 aromatic rings.